The van der Waals surface area contributed by atoms with E-state index < -0.39 is 5.91 Å². The average molecular weight is 390 g/mol. The minimum absolute atomic E-state index is 0.0412. The van der Waals surface area contributed by atoms with Gasteiger partial charge >= 0.3 is 5.97 Å². The average Bonchev–Trinajstić information content (AvgIpc) is 2.71. The third-order valence-corrected chi connectivity index (χ3v) is 4.49. The highest BCUT2D eigenvalue weighted by Crippen LogP contribution is 2.28. The summed E-state index contributed by atoms with van der Waals surface area (Å²) in [6.07, 6.45) is 3.69. The number of benzene rings is 2. The van der Waals surface area contributed by atoms with Crippen molar-refractivity contribution in [1.82, 2.24) is 4.98 Å². The van der Waals surface area contributed by atoms with Crippen LogP contribution in [0.15, 0.2) is 67.0 Å². The molecule has 6 heteroatoms. The number of pyridine rings is 1. The Kier molecular flexibility index (Phi) is 6.24. The first-order chi connectivity index (χ1) is 13.9. The fraction of sp³-hybridized carbons (Fsp3) is 0.174. The predicted octanol–water partition coefficient (Wildman–Crippen LogP) is 4.38. The van der Waals surface area contributed by atoms with E-state index in [-0.39, 0.29) is 18.3 Å². The number of hydrogen-bond donors (Lipinski definition) is 1. The van der Waals surface area contributed by atoms with Crippen LogP contribution >= 0.6 is 0 Å². The molecule has 0 bridgehead atoms. The van der Waals surface area contributed by atoms with Crippen LogP contribution in [-0.2, 0) is 4.79 Å². The summed E-state index contributed by atoms with van der Waals surface area (Å²) in [5.41, 5.74) is 7.54. The Hall–Kier alpha value is -3.67. The Morgan fingerprint density at radius 1 is 1.00 bits per heavy atom. The third-order valence-electron chi connectivity index (χ3n) is 4.49. The van der Waals surface area contributed by atoms with Crippen molar-refractivity contribution >= 4 is 11.9 Å². The number of carbonyl (C=O) groups is 2. The Morgan fingerprint density at radius 3 is 2.28 bits per heavy atom. The van der Waals surface area contributed by atoms with Crippen molar-refractivity contribution in [3.8, 4) is 17.2 Å². The van der Waals surface area contributed by atoms with Crippen molar-refractivity contribution in [1.29, 1.82) is 0 Å². The molecule has 1 heterocycles. The zero-order valence-electron chi connectivity index (χ0n) is 16.3. The number of rotatable bonds is 7. The molecule has 1 unspecified atom stereocenters. The van der Waals surface area contributed by atoms with Gasteiger partial charge in [-0.25, -0.2) is 0 Å². The fourth-order valence-corrected chi connectivity index (χ4v) is 2.85. The van der Waals surface area contributed by atoms with Crippen LogP contribution in [0, 0.1) is 6.92 Å². The van der Waals surface area contributed by atoms with E-state index in [1.165, 1.54) is 0 Å². The number of amides is 1. The molecule has 2 N–H and O–H groups in total. The zero-order chi connectivity index (χ0) is 20.8. The minimum Gasteiger partial charge on any atom is -0.457 e. The van der Waals surface area contributed by atoms with E-state index in [4.69, 9.17) is 15.2 Å². The van der Waals surface area contributed by atoms with Crippen molar-refractivity contribution in [2.24, 2.45) is 5.73 Å². The largest absolute Gasteiger partial charge is 0.457 e. The van der Waals surface area contributed by atoms with E-state index in [9.17, 15) is 9.59 Å². The van der Waals surface area contributed by atoms with E-state index in [1.54, 1.807) is 54.9 Å². The molecule has 0 radical (unpaired) electrons. The van der Waals surface area contributed by atoms with Gasteiger partial charge in [-0.05, 0) is 78.6 Å². The maximum absolute atomic E-state index is 12.2. The predicted molar refractivity (Wildman–Crippen MR) is 109 cm³/mol. The topological polar surface area (TPSA) is 91.5 Å². The number of aromatic nitrogens is 1. The molecular formula is C23H22N2O4. The van der Waals surface area contributed by atoms with Crippen molar-refractivity contribution in [2.45, 2.75) is 26.2 Å². The van der Waals surface area contributed by atoms with Crippen LogP contribution in [0.25, 0.3) is 0 Å². The summed E-state index contributed by atoms with van der Waals surface area (Å²) in [4.78, 5) is 27.4. The molecule has 0 saturated heterocycles. The summed E-state index contributed by atoms with van der Waals surface area (Å²) in [5.74, 6) is 0.908. The van der Waals surface area contributed by atoms with Gasteiger partial charge in [0.15, 0.2) is 0 Å². The first-order valence-electron chi connectivity index (χ1n) is 9.21. The Bertz CT molecular complexity index is 1000. The van der Waals surface area contributed by atoms with Crippen LogP contribution in [0.2, 0.25) is 0 Å². The molecule has 6 nitrogen and oxygen atoms in total. The normalized spacial score (nSPS) is 11.5. The number of nitrogens with two attached hydrogens (primary N) is 1. The van der Waals surface area contributed by atoms with Gasteiger partial charge in [-0.15, -0.1) is 0 Å². The Morgan fingerprint density at radius 2 is 1.66 bits per heavy atom. The van der Waals surface area contributed by atoms with Gasteiger partial charge in [-0.2, -0.15) is 0 Å². The van der Waals surface area contributed by atoms with Crippen LogP contribution in [0.5, 0.6) is 17.2 Å². The van der Waals surface area contributed by atoms with Crippen molar-refractivity contribution in [3.63, 3.8) is 0 Å². The maximum atomic E-state index is 12.2. The quantitative estimate of drug-likeness (QED) is 0.477. The first-order valence-corrected chi connectivity index (χ1v) is 9.21. The summed E-state index contributed by atoms with van der Waals surface area (Å²) in [5, 5.41) is 0. The summed E-state index contributed by atoms with van der Waals surface area (Å²) < 4.78 is 11.2. The highest BCUT2D eigenvalue weighted by Gasteiger charge is 2.13. The molecule has 0 spiro atoms. The second-order valence-electron chi connectivity index (χ2n) is 6.78. The number of aryl methyl sites for hydroxylation is 1. The van der Waals surface area contributed by atoms with E-state index in [2.05, 4.69) is 4.98 Å². The van der Waals surface area contributed by atoms with Gasteiger partial charge in [0, 0.05) is 18.0 Å². The van der Waals surface area contributed by atoms with Gasteiger partial charge in [-0.3, -0.25) is 14.6 Å². The van der Waals surface area contributed by atoms with Crippen LogP contribution in [0.1, 0.15) is 40.7 Å². The molecule has 3 aromatic rings. The second-order valence-corrected chi connectivity index (χ2v) is 6.78. The summed E-state index contributed by atoms with van der Waals surface area (Å²) in [6.45, 7) is 3.81. The Balaban J connectivity index is 1.59. The van der Waals surface area contributed by atoms with Crippen LogP contribution in [0.3, 0.4) is 0 Å². The molecule has 1 amide bonds. The third kappa shape index (κ3) is 5.42. The molecule has 0 fully saturated rings. The molecule has 0 aliphatic heterocycles. The number of carbonyl (C=O) groups excluding carboxylic acids is 2. The van der Waals surface area contributed by atoms with E-state index in [0.29, 0.717) is 22.8 Å². The van der Waals surface area contributed by atoms with Crippen LogP contribution in [-0.4, -0.2) is 16.9 Å². The number of nitrogens with zero attached hydrogens (tertiary/aromatic N) is 1. The summed E-state index contributed by atoms with van der Waals surface area (Å²) in [6, 6.07) is 15.6. The lowest BCUT2D eigenvalue weighted by Gasteiger charge is -2.12. The molecule has 3 rings (SSSR count). The van der Waals surface area contributed by atoms with E-state index >= 15 is 0 Å². The van der Waals surface area contributed by atoms with E-state index in [0.717, 1.165) is 11.1 Å². The summed E-state index contributed by atoms with van der Waals surface area (Å²) in [7, 11) is 0. The summed E-state index contributed by atoms with van der Waals surface area (Å²) >= 11 is 0. The van der Waals surface area contributed by atoms with E-state index in [1.807, 2.05) is 26.0 Å². The lowest BCUT2D eigenvalue weighted by molar-refractivity contribution is -0.134. The van der Waals surface area contributed by atoms with Crippen molar-refractivity contribution in [2.75, 3.05) is 0 Å². The molecular weight excluding hydrogens is 368 g/mol. The molecule has 29 heavy (non-hydrogen) atoms. The Labute approximate surface area is 169 Å². The number of esters is 1. The van der Waals surface area contributed by atoms with Crippen LogP contribution < -0.4 is 15.2 Å². The minimum atomic E-state index is -0.482. The van der Waals surface area contributed by atoms with Gasteiger partial charge < -0.3 is 15.2 Å². The molecule has 0 saturated carbocycles. The van der Waals surface area contributed by atoms with Crippen LogP contribution in [0.4, 0.5) is 0 Å². The molecule has 2 aromatic carbocycles. The SMILES string of the molecule is Cc1cc(C(N)=O)ccc1Oc1ccc(OC(=O)CC(C)c2ccncc2)cc1. The molecule has 1 aromatic heterocycles. The smallest absolute Gasteiger partial charge is 0.311 e. The number of primary amides is 1. The first kappa shape index (κ1) is 20.1. The molecule has 1 atom stereocenters. The second kappa shape index (κ2) is 9.01. The standard InChI is InChI=1S/C23H22N2O4/c1-15(17-9-11-25-12-10-17)14-22(26)29-20-6-4-19(5-7-20)28-21-8-3-18(23(24)27)13-16(21)2/h3-13,15H,14H2,1-2H3,(H2,24,27). The van der Waals surface area contributed by atoms with Gasteiger partial charge in [0.25, 0.3) is 0 Å². The zero-order valence-corrected chi connectivity index (χ0v) is 16.3. The van der Waals surface area contributed by atoms with Crippen molar-refractivity contribution in [3.05, 3.63) is 83.7 Å². The molecule has 0 aliphatic carbocycles. The van der Waals surface area contributed by atoms with Crippen molar-refractivity contribution < 1.29 is 19.1 Å². The monoisotopic (exact) mass is 390 g/mol. The van der Waals surface area contributed by atoms with Gasteiger partial charge in [0.2, 0.25) is 5.91 Å². The lowest BCUT2D eigenvalue weighted by Crippen LogP contribution is -2.11. The lowest BCUT2D eigenvalue weighted by atomic mass is 9.99. The fourth-order valence-electron chi connectivity index (χ4n) is 2.85. The van der Waals surface area contributed by atoms with Gasteiger partial charge in [-0.1, -0.05) is 6.92 Å². The van der Waals surface area contributed by atoms with Gasteiger partial charge in [0.05, 0.1) is 6.42 Å². The number of hydrogen-bond acceptors (Lipinski definition) is 5. The molecule has 148 valence electrons. The number of ether oxygens (including phenoxy) is 2. The highest BCUT2D eigenvalue weighted by atomic mass is 16.5. The van der Waals surface area contributed by atoms with Gasteiger partial charge in [0.1, 0.15) is 17.2 Å². The highest BCUT2D eigenvalue weighted by molar-refractivity contribution is 5.93. The molecule has 0 aliphatic rings. The maximum Gasteiger partial charge on any atom is 0.311 e.